The van der Waals surface area contributed by atoms with E-state index in [1.54, 1.807) is 0 Å². The molecule has 0 fully saturated rings. The van der Waals surface area contributed by atoms with Gasteiger partial charge >= 0.3 is 0 Å². The maximum atomic E-state index is 11.8. The maximum Gasteiger partial charge on any atom is 0.270 e. The fourth-order valence-corrected chi connectivity index (χ4v) is 3.36. The zero-order chi connectivity index (χ0) is 15.2. The Balaban J connectivity index is 2.31. The average molecular weight is 340 g/mol. The summed E-state index contributed by atoms with van der Waals surface area (Å²) in [5.41, 5.74) is 0.313. The van der Waals surface area contributed by atoms with Crippen molar-refractivity contribution in [1.29, 1.82) is 0 Å². The Labute approximate surface area is 127 Å². The van der Waals surface area contributed by atoms with Gasteiger partial charge in [0.25, 0.3) is 15.0 Å². The van der Waals surface area contributed by atoms with Crippen LogP contribution in [0.4, 0.5) is 0 Å². The number of carbonyl (C=O) groups is 1. The highest BCUT2D eigenvalue weighted by Gasteiger charge is 2.16. The molecule has 114 valence electrons. The summed E-state index contributed by atoms with van der Waals surface area (Å²) in [6, 6.07) is 1.28. The number of thiophene rings is 1. The quantitative estimate of drug-likeness (QED) is 0.583. The van der Waals surface area contributed by atoms with E-state index in [-0.39, 0.29) is 16.2 Å². The first-order valence-electron chi connectivity index (χ1n) is 6.23. The fraction of sp³-hybridized carbons (Fsp3) is 0.583. The van der Waals surface area contributed by atoms with Gasteiger partial charge in [-0.05, 0) is 32.8 Å². The third-order valence-electron chi connectivity index (χ3n) is 2.39. The summed E-state index contributed by atoms with van der Waals surface area (Å²) in [4.78, 5) is 11.8. The maximum absolute atomic E-state index is 11.8. The predicted molar refractivity (Wildman–Crippen MR) is 80.0 cm³/mol. The molecule has 1 N–H and O–H groups in total. The molecule has 8 heteroatoms. The summed E-state index contributed by atoms with van der Waals surface area (Å²) in [7, 11) is 1.44. The van der Waals surface area contributed by atoms with Crippen LogP contribution in [-0.4, -0.2) is 33.6 Å². The lowest BCUT2D eigenvalue weighted by atomic mass is 10.3. The highest BCUT2D eigenvalue weighted by molar-refractivity contribution is 8.15. The van der Waals surface area contributed by atoms with Crippen molar-refractivity contribution in [1.82, 2.24) is 5.32 Å². The number of unbranched alkanes of at least 4 members (excludes halogenated alkanes) is 1. The fourth-order valence-electron chi connectivity index (χ4n) is 1.41. The van der Waals surface area contributed by atoms with Gasteiger partial charge in [-0.1, -0.05) is 0 Å². The Morgan fingerprint density at radius 1 is 1.45 bits per heavy atom. The minimum absolute atomic E-state index is 0.0188. The number of hydrogen-bond acceptors (Lipinski definition) is 5. The lowest BCUT2D eigenvalue weighted by molar-refractivity contribution is 0.0754. The van der Waals surface area contributed by atoms with E-state index in [2.05, 4.69) is 5.32 Å². The topological polar surface area (TPSA) is 72.5 Å². The second kappa shape index (κ2) is 7.97. The monoisotopic (exact) mass is 339 g/mol. The van der Waals surface area contributed by atoms with Crippen LogP contribution in [0.15, 0.2) is 15.7 Å². The molecule has 0 spiro atoms. The first-order valence-corrected chi connectivity index (χ1v) is 9.42. The summed E-state index contributed by atoms with van der Waals surface area (Å²) in [6.45, 7) is 5.14. The van der Waals surface area contributed by atoms with Crippen molar-refractivity contribution in [3.8, 4) is 0 Å². The van der Waals surface area contributed by atoms with E-state index in [9.17, 15) is 13.2 Å². The summed E-state index contributed by atoms with van der Waals surface area (Å²) < 4.78 is 27.5. The first-order chi connectivity index (χ1) is 9.30. The van der Waals surface area contributed by atoms with E-state index in [0.717, 1.165) is 24.2 Å². The van der Waals surface area contributed by atoms with E-state index in [1.807, 2.05) is 13.8 Å². The van der Waals surface area contributed by atoms with Crippen LogP contribution in [-0.2, 0) is 13.8 Å². The zero-order valence-electron chi connectivity index (χ0n) is 11.4. The molecule has 1 aromatic heterocycles. The smallest absolute Gasteiger partial charge is 0.270 e. The minimum atomic E-state index is -3.76. The molecule has 0 bridgehead atoms. The van der Waals surface area contributed by atoms with Crippen molar-refractivity contribution in [2.24, 2.45) is 0 Å². The average Bonchev–Trinajstić information content (AvgIpc) is 2.82. The van der Waals surface area contributed by atoms with Crippen molar-refractivity contribution in [2.45, 2.75) is 37.0 Å². The summed E-state index contributed by atoms with van der Waals surface area (Å²) >= 11 is 0.935. The van der Waals surface area contributed by atoms with Gasteiger partial charge in [0, 0.05) is 29.2 Å². The Kier molecular flexibility index (Phi) is 6.94. The molecule has 0 aliphatic heterocycles. The number of halogens is 1. The summed E-state index contributed by atoms with van der Waals surface area (Å²) in [6.07, 6.45) is 1.89. The summed E-state index contributed by atoms with van der Waals surface area (Å²) in [5.74, 6) is -0.294. The third-order valence-corrected chi connectivity index (χ3v) is 5.43. The van der Waals surface area contributed by atoms with Crippen molar-refractivity contribution in [3.63, 3.8) is 0 Å². The van der Waals surface area contributed by atoms with E-state index >= 15 is 0 Å². The van der Waals surface area contributed by atoms with E-state index < -0.39 is 9.05 Å². The van der Waals surface area contributed by atoms with Crippen molar-refractivity contribution >= 4 is 37.0 Å². The highest BCUT2D eigenvalue weighted by Crippen LogP contribution is 2.23. The standard InChI is InChI=1S/C12H18ClNO4S2/c1-9(2)18-6-4-3-5-14-12(15)10-7-11(19-8-10)20(13,16)17/h7-9H,3-6H2,1-2H3,(H,14,15). The zero-order valence-corrected chi connectivity index (χ0v) is 13.8. The number of carbonyl (C=O) groups excluding carboxylic acids is 1. The molecule has 1 aromatic rings. The minimum Gasteiger partial charge on any atom is -0.379 e. The van der Waals surface area contributed by atoms with Crippen LogP contribution in [0.25, 0.3) is 0 Å². The molecular formula is C12H18ClNO4S2. The van der Waals surface area contributed by atoms with Crippen LogP contribution >= 0.6 is 22.0 Å². The van der Waals surface area contributed by atoms with E-state index in [0.29, 0.717) is 18.7 Å². The number of hydrogen-bond donors (Lipinski definition) is 1. The van der Waals surface area contributed by atoms with Crippen LogP contribution in [0.3, 0.4) is 0 Å². The van der Waals surface area contributed by atoms with Crippen LogP contribution in [0.2, 0.25) is 0 Å². The number of nitrogens with one attached hydrogen (secondary N) is 1. The third kappa shape index (κ3) is 6.21. The molecule has 5 nitrogen and oxygen atoms in total. The van der Waals surface area contributed by atoms with E-state index in [4.69, 9.17) is 15.4 Å². The van der Waals surface area contributed by atoms with Crippen LogP contribution in [0.1, 0.15) is 37.0 Å². The Bertz CT molecular complexity index is 539. The normalized spacial score (nSPS) is 11.8. The van der Waals surface area contributed by atoms with Crippen molar-refractivity contribution in [3.05, 3.63) is 17.0 Å². The molecule has 0 aromatic carbocycles. The molecule has 1 heterocycles. The molecule has 0 saturated heterocycles. The van der Waals surface area contributed by atoms with Gasteiger partial charge in [-0.3, -0.25) is 4.79 Å². The molecule has 20 heavy (non-hydrogen) atoms. The van der Waals surface area contributed by atoms with Crippen LogP contribution < -0.4 is 5.32 Å². The van der Waals surface area contributed by atoms with Crippen LogP contribution in [0, 0.1) is 0 Å². The molecule has 0 unspecified atom stereocenters. The van der Waals surface area contributed by atoms with Gasteiger partial charge in [0.05, 0.1) is 11.7 Å². The Hall–Kier alpha value is -0.630. The largest absolute Gasteiger partial charge is 0.379 e. The second-order valence-electron chi connectivity index (χ2n) is 4.47. The molecule has 0 atom stereocenters. The van der Waals surface area contributed by atoms with Crippen molar-refractivity contribution in [2.75, 3.05) is 13.2 Å². The molecule has 1 rings (SSSR count). The van der Waals surface area contributed by atoms with Gasteiger partial charge in [0.1, 0.15) is 4.21 Å². The lowest BCUT2D eigenvalue weighted by Gasteiger charge is -2.07. The molecule has 0 radical (unpaired) electrons. The van der Waals surface area contributed by atoms with Gasteiger partial charge in [-0.15, -0.1) is 11.3 Å². The molecule has 0 saturated carbocycles. The molecule has 1 amide bonds. The van der Waals surface area contributed by atoms with Gasteiger partial charge < -0.3 is 10.1 Å². The Morgan fingerprint density at radius 2 is 2.15 bits per heavy atom. The van der Waals surface area contributed by atoms with Crippen molar-refractivity contribution < 1.29 is 17.9 Å². The highest BCUT2D eigenvalue weighted by atomic mass is 35.7. The number of rotatable bonds is 8. The van der Waals surface area contributed by atoms with E-state index in [1.165, 1.54) is 11.4 Å². The molecule has 0 aliphatic carbocycles. The predicted octanol–water partition coefficient (Wildman–Crippen LogP) is 2.61. The lowest BCUT2D eigenvalue weighted by Crippen LogP contribution is -2.24. The Morgan fingerprint density at radius 3 is 2.70 bits per heavy atom. The number of amides is 1. The first kappa shape index (κ1) is 17.4. The number of ether oxygens (including phenoxy) is 1. The SMILES string of the molecule is CC(C)OCCCCNC(=O)c1csc(S(=O)(=O)Cl)c1. The second-order valence-corrected chi connectivity index (χ2v) is 8.18. The van der Waals surface area contributed by atoms with Gasteiger partial charge in [-0.2, -0.15) is 0 Å². The van der Waals surface area contributed by atoms with Gasteiger partial charge in [-0.25, -0.2) is 8.42 Å². The molecule has 0 aliphatic rings. The molecular weight excluding hydrogens is 322 g/mol. The van der Waals surface area contributed by atoms with Crippen LogP contribution in [0.5, 0.6) is 0 Å². The van der Waals surface area contributed by atoms with Gasteiger partial charge in [0.15, 0.2) is 0 Å². The summed E-state index contributed by atoms with van der Waals surface area (Å²) in [5, 5.41) is 4.20. The van der Waals surface area contributed by atoms with Gasteiger partial charge in [0.2, 0.25) is 0 Å².